The summed E-state index contributed by atoms with van der Waals surface area (Å²) in [5.74, 6) is 1.98. The van der Waals surface area contributed by atoms with E-state index in [0.29, 0.717) is 6.04 Å². The molecule has 4 nitrogen and oxygen atoms in total. The van der Waals surface area contributed by atoms with Gasteiger partial charge in [0.2, 0.25) is 0 Å². The molecular weight excluding hydrogens is 238 g/mol. The van der Waals surface area contributed by atoms with E-state index in [1.807, 2.05) is 26.4 Å². The van der Waals surface area contributed by atoms with E-state index in [2.05, 4.69) is 27.9 Å². The highest BCUT2D eigenvalue weighted by molar-refractivity contribution is 5.25. The second kappa shape index (κ2) is 4.85. The maximum atomic E-state index is 5.65. The highest BCUT2D eigenvalue weighted by Crippen LogP contribution is 2.30. The van der Waals surface area contributed by atoms with E-state index in [1.165, 1.54) is 24.1 Å². The largest absolute Gasteiger partial charge is 0.466 e. The molecule has 0 spiro atoms. The minimum absolute atomic E-state index is 0.261. The van der Waals surface area contributed by atoms with Gasteiger partial charge in [-0.15, -0.1) is 0 Å². The van der Waals surface area contributed by atoms with Crippen molar-refractivity contribution in [1.29, 1.82) is 0 Å². The molecule has 0 aromatic carbocycles. The maximum absolute atomic E-state index is 5.65. The first-order valence-corrected chi connectivity index (χ1v) is 6.99. The summed E-state index contributed by atoms with van der Waals surface area (Å²) in [6, 6.07) is 2.84. The molecule has 4 heteroatoms. The Kier molecular flexibility index (Phi) is 3.19. The molecular formula is C15H21N3O. The number of rotatable bonds is 3. The lowest BCUT2D eigenvalue weighted by molar-refractivity contribution is 0.488. The van der Waals surface area contributed by atoms with Crippen LogP contribution in [0.2, 0.25) is 0 Å². The summed E-state index contributed by atoms with van der Waals surface area (Å²) in [5.41, 5.74) is 2.53. The molecule has 1 N–H and O–H groups in total. The molecule has 0 radical (unpaired) electrons. The topological polar surface area (TPSA) is 43.0 Å². The summed E-state index contributed by atoms with van der Waals surface area (Å²) in [6.45, 7) is 7.34. The van der Waals surface area contributed by atoms with Gasteiger partial charge in [0.05, 0.1) is 18.1 Å². The van der Waals surface area contributed by atoms with Gasteiger partial charge in [0.1, 0.15) is 11.5 Å². The molecule has 0 saturated carbocycles. The Bertz CT molecular complexity index is 564. The number of hydrogen-bond donors (Lipinski definition) is 1. The molecule has 2 aromatic heterocycles. The van der Waals surface area contributed by atoms with Gasteiger partial charge in [0, 0.05) is 17.8 Å². The first-order valence-electron chi connectivity index (χ1n) is 6.99. The fourth-order valence-electron chi connectivity index (χ4n) is 3.06. The van der Waals surface area contributed by atoms with Crippen molar-refractivity contribution in [1.82, 2.24) is 14.9 Å². The molecule has 1 unspecified atom stereocenters. The molecule has 0 amide bonds. The van der Waals surface area contributed by atoms with Crippen molar-refractivity contribution < 1.29 is 4.42 Å². The molecule has 2 atom stereocenters. The zero-order valence-corrected chi connectivity index (χ0v) is 11.8. The lowest BCUT2D eigenvalue weighted by atomic mass is 10.1. The first kappa shape index (κ1) is 12.5. The van der Waals surface area contributed by atoms with Crippen LogP contribution in [-0.2, 0) is 0 Å². The third kappa shape index (κ3) is 2.21. The molecule has 1 aliphatic heterocycles. The third-order valence-corrected chi connectivity index (χ3v) is 4.06. The molecule has 3 rings (SSSR count). The lowest BCUT2D eigenvalue weighted by Gasteiger charge is -2.19. The van der Waals surface area contributed by atoms with Crippen molar-refractivity contribution in [2.45, 2.75) is 45.7 Å². The normalized spacial score (nSPS) is 20.9. The Morgan fingerprint density at radius 1 is 1.47 bits per heavy atom. The van der Waals surface area contributed by atoms with Crippen molar-refractivity contribution in [2.24, 2.45) is 0 Å². The molecule has 1 aliphatic rings. The lowest BCUT2D eigenvalue weighted by Crippen LogP contribution is -2.19. The Labute approximate surface area is 113 Å². The van der Waals surface area contributed by atoms with Crippen molar-refractivity contribution in [3.8, 4) is 0 Å². The first-order chi connectivity index (χ1) is 9.16. The van der Waals surface area contributed by atoms with Gasteiger partial charge in [0.15, 0.2) is 0 Å². The van der Waals surface area contributed by atoms with E-state index in [9.17, 15) is 0 Å². The number of nitrogens with one attached hydrogen (secondary N) is 1. The maximum Gasteiger partial charge on any atom is 0.106 e. The van der Waals surface area contributed by atoms with E-state index in [4.69, 9.17) is 4.42 Å². The summed E-state index contributed by atoms with van der Waals surface area (Å²) in [4.78, 5) is 4.34. The van der Waals surface area contributed by atoms with Crippen molar-refractivity contribution in [3.05, 3.63) is 41.4 Å². The molecule has 1 fully saturated rings. The second-order valence-electron chi connectivity index (χ2n) is 5.42. The quantitative estimate of drug-likeness (QED) is 0.921. The van der Waals surface area contributed by atoms with Gasteiger partial charge < -0.3 is 14.3 Å². The molecule has 3 heterocycles. The van der Waals surface area contributed by atoms with Crippen LogP contribution in [0.4, 0.5) is 0 Å². The van der Waals surface area contributed by atoms with Gasteiger partial charge in [-0.25, -0.2) is 4.98 Å². The zero-order chi connectivity index (χ0) is 13.4. The molecule has 0 bridgehead atoms. The zero-order valence-electron chi connectivity index (χ0n) is 11.8. The summed E-state index contributed by atoms with van der Waals surface area (Å²) >= 11 is 0. The van der Waals surface area contributed by atoms with E-state index in [0.717, 1.165) is 18.1 Å². The Hall–Kier alpha value is -1.55. The van der Waals surface area contributed by atoms with Gasteiger partial charge in [-0.1, -0.05) is 0 Å². The van der Waals surface area contributed by atoms with Crippen LogP contribution < -0.4 is 5.32 Å². The van der Waals surface area contributed by atoms with Gasteiger partial charge in [0.25, 0.3) is 0 Å². The molecule has 1 saturated heterocycles. The number of imidazole rings is 1. The van der Waals surface area contributed by atoms with Gasteiger partial charge in [-0.05, 0) is 46.2 Å². The smallest absolute Gasteiger partial charge is 0.106 e. The van der Waals surface area contributed by atoms with E-state index < -0.39 is 0 Å². The Morgan fingerprint density at radius 3 is 2.95 bits per heavy atom. The summed E-state index contributed by atoms with van der Waals surface area (Å²) < 4.78 is 7.91. The van der Waals surface area contributed by atoms with Crippen molar-refractivity contribution in [3.63, 3.8) is 0 Å². The monoisotopic (exact) mass is 259 g/mol. The highest BCUT2D eigenvalue weighted by Gasteiger charge is 2.23. The number of nitrogens with zero attached hydrogens (tertiary/aromatic N) is 2. The van der Waals surface area contributed by atoms with Crippen LogP contribution in [0.3, 0.4) is 0 Å². The van der Waals surface area contributed by atoms with Gasteiger partial charge in [-0.3, -0.25) is 0 Å². The summed E-state index contributed by atoms with van der Waals surface area (Å²) in [7, 11) is 0. The Morgan fingerprint density at radius 2 is 2.32 bits per heavy atom. The average Bonchev–Trinajstić information content (AvgIpc) is 3.06. The second-order valence-corrected chi connectivity index (χ2v) is 5.42. The minimum Gasteiger partial charge on any atom is -0.466 e. The fourth-order valence-corrected chi connectivity index (χ4v) is 3.06. The van der Waals surface area contributed by atoms with Crippen LogP contribution in [0.15, 0.2) is 23.0 Å². The van der Waals surface area contributed by atoms with Gasteiger partial charge >= 0.3 is 0 Å². The van der Waals surface area contributed by atoms with E-state index >= 15 is 0 Å². The van der Waals surface area contributed by atoms with E-state index in [1.54, 1.807) is 0 Å². The SMILES string of the molecule is Cc1cc(C(C)n2cncc2[C@@H]2CCCN2)c(C)o1. The third-order valence-electron chi connectivity index (χ3n) is 4.06. The van der Waals surface area contributed by atoms with E-state index in [-0.39, 0.29) is 6.04 Å². The Balaban J connectivity index is 1.93. The van der Waals surface area contributed by atoms with Crippen LogP contribution in [0.5, 0.6) is 0 Å². The predicted octanol–water partition coefficient (Wildman–Crippen LogP) is 3.13. The molecule has 102 valence electrons. The summed E-state index contributed by atoms with van der Waals surface area (Å²) in [5, 5.41) is 3.54. The highest BCUT2D eigenvalue weighted by atomic mass is 16.3. The molecule has 0 aliphatic carbocycles. The fraction of sp³-hybridized carbons (Fsp3) is 0.533. The average molecular weight is 259 g/mol. The van der Waals surface area contributed by atoms with Crippen LogP contribution in [0.25, 0.3) is 0 Å². The van der Waals surface area contributed by atoms with Crippen LogP contribution in [-0.4, -0.2) is 16.1 Å². The minimum atomic E-state index is 0.261. The standard InChI is InChI=1S/C15H21N3O/c1-10-7-13(12(3)19-10)11(2)18-9-16-8-15(18)14-5-4-6-17-14/h7-9,11,14,17H,4-6H2,1-3H3/t11?,14-/m0/s1. The van der Waals surface area contributed by atoms with Crippen LogP contribution in [0.1, 0.15) is 54.6 Å². The van der Waals surface area contributed by atoms with Crippen molar-refractivity contribution >= 4 is 0 Å². The molecule has 19 heavy (non-hydrogen) atoms. The number of hydrogen-bond acceptors (Lipinski definition) is 3. The van der Waals surface area contributed by atoms with Crippen LogP contribution in [0, 0.1) is 13.8 Å². The number of furan rings is 1. The predicted molar refractivity (Wildman–Crippen MR) is 74.2 cm³/mol. The van der Waals surface area contributed by atoms with Crippen molar-refractivity contribution in [2.75, 3.05) is 6.54 Å². The summed E-state index contributed by atoms with van der Waals surface area (Å²) in [6.07, 6.45) is 6.36. The number of aromatic nitrogens is 2. The van der Waals surface area contributed by atoms with Crippen LogP contribution >= 0.6 is 0 Å². The number of aryl methyl sites for hydroxylation is 2. The molecule has 2 aromatic rings. The van der Waals surface area contributed by atoms with Gasteiger partial charge in [-0.2, -0.15) is 0 Å².